The summed E-state index contributed by atoms with van der Waals surface area (Å²) in [6, 6.07) is 0. The molecule has 0 radical (unpaired) electrons. The van der Waals surface area contributed by atoms with Gasteiger partial charge in [0.1, 0.15) is 0 Å². The van der Waals surface area contributed by atoms with E-state index in [0.717, 1.165) is 6.42 Å². The fourth-order valence-electron chi connectivity index (χ4n) is 2.61. The van der Waals surface area contributed by atoms with Crippen LogP contribution in [-0.2, 0) is 9.53 Å². The summed E-state index contributed by atoms with van der Waals surface area (Å²) in [4.78, 5) is 10.8. The predicted octanol–water partition coefficient (Wildman–Crippen LogP) is 16.6. The van der Waals surface area contributed by atoms with Crippen molar-refractivity contribution in [3.05, 3.63) is 0 Å². The molecule has 0 aliphatic carbocycles. The summed E-state index contributed by atoms with van der Waals surface area (Å²) < 4.78 is 5.01. The van der Waals surface area contributed by atoms with Gasteiger partial charge < -0.3 is 10.1 Å². The third-order valence-electron chi connectivity index (χ3n) is 4.83. The fraction of sp³-hybridized carbons (Fsp3) is 0.977. The van der Waals surface area contributed by atoms with Gasteiger partial charge in [0.25, 0.3) is 0 Å². The van der Waals surface area contributed by atoms with Gasteiger partial charge in [0.05, 0.1) is 6.61 Å². The van der Waals surface area contributed by atoms with Gasteiger partial charge in [-0.25, -0.2) is 0 Å². The predicted molar refractivity (Wildman–Crippen MR) is 223 cm³/mol. The van der Waals surface area contributed by atoms with Crippen LogP contribution in [0, 0.1) is 0 Å². The lowest BCUT2D eigenvalue weighted by atomic mass is 10.1. The van der Waals surface area contributed by atoms with Crippen LogP contribution in [0.3, 0.4) is 0 Å². The Balaban J connectivity index is -0.0000000551. The quantitative estimate of drug-likeness (QED) is 0.117. The molecule has 0 fully saturated rings. The summed E-state index contributed by atoms with van der Waals surface area (Å²) in [5.41, 5.74) is 0. The zero-order valence-corrected chi connectivity index (χ0v) is 36.8. The van der Waals surface area contributed by atoms with E-state index in [2.05, 4.69) is 102 Å². The Morgan fingerprint density at radius 2 is 0.674 bits per heavy atom. The maximum absolute atomic E-state index is 10.8. The Morgan fingerprint density at radius 1 is 0.413 bits per heavy atom. The van der Waals surface area contributed by atoms with Gasteiger partial charge in [-0.15, -0.1) is 0 Å². The fourth-order valence-corrected chi connectivity index (χ4v) is 2.61. The monoisotopic (exact) mass is 666 g/mol. The van der Waals surface area contributed by atoms with Crippen LogP contribution < -0.4 is 5.32 Å². The number of carbonyl (C=O) groups excluding carboxylic acids is 1. The Kier molecular flexibility index (Phi) is 152. The van der Waals surface area contributed by atoms with Gasteiger partial charge in [0.15, 0.2) is 0 Å². The van der Waals surface area contributed by atoms with E-state index in [1.807, 2.05) is 27.8 Å². The van der Waals surface area contributed by atoms with Gasteiger partial charge in [-0.3, -0.25) is 4.79 Å². The van der Waals surface area contributed by atoms with E-state index in [1.165, 1.54) is 135 Å². The first-order valence-corrected chi connectivity index (χ1v) is 21.0. The van der Waals surface area contributed by atoms with Crippen LogP contribution in [0.2, 0.25) is 0 Å². The van der Waals surface area contributed by atoms with Crippen molar-refractivity contribution in [2.75, 3.05) is 20.2 Å². The summed E-state index contributed by atoms with van der Waals surface area (Å²) in [5, 5.41) is 3.14. The number of carbonyl (C=O) groups is 1. The molecule has 0 aromatic carbocycles. The van der Waals surface area contributed by atoms with Gasteiger partial charge in [-0.2, -0.15) is 0 Å². The first kappa shape index (κ1) is 67.6. The highest BCUT2D eigenvalue weighted by Gasteiger charge is 1.97. The summed E-state index contributed by atoms with van der Waals surface area (Å²) in [6.45, 7) is 37.7. The molecule has 0 heterocycles. The molecule has 0 spiro atoms. The number of esters is 1. The first-order valence-electron chi connectivity index (χ1n) is 21.0. The molecule has 0 rings (SSSR count). The molecule has 3 heteroatoms. The zero-order chi connectivity index (χ0) is 38.0. The largest absolute Gasteiger partial charge is 0.466 e. The standard InChI is InChI=1S/C14H28O2.C8H19N.C4H10.5C3H8.C2H6/c1-3-5-6-7-8-9-10-11-12-13-16-14(15)4-2;1-3-4-5-6-7-8-9-2;1-3-4-2;5*1-3-2;1-2/h3-13H2,1-2H3;9H,3-8H2,1-2H3;3-4H2,1-2H3;5*3H2,1-2H3;1-2H3. The summed E-state index contributed by atoms with van der Waals surface area (Å²) in [5.74, 6) is -0.0698. The molecule has 0 unspecified atom stereocenters. The Morgan fingerprint density at radius 3 is 0.913 bits per heavy atom. The Hall–Kier alpha value is -0.570. The van der Waals surface area contributed by atoms with E-state index in [-0.39, 0.29) is 5.97 Å². The molecule has 3 nitrogen and oxygen atoms in total. The minimum absolute atomic E-state index is 0.0698. The van der Waals surface area contributed by atoms with Gasteiger partial charge in [-0.05, 0) is 26.4 Å². The molecule has 0 aromatic heterocycles. The third kappa shape index (κ3) is 187. The van der Waals surface area contributed by atoms with E-state index >= 15 is 0 Å². The molecule has 0 atom stereocenters. The smallest absolute Gasteiger partial charge is 0.305 e. The summed E-state index contributed by atoms with van der Waals surface area (Å²) >= 11 is 0. The molecule has 0 amide bonds. The van der Waals surface area contributed by atoms with E-state index < -0.39 is 0 Å². The molecule has 1 N–H and O–H groups in total. The minimum atomic E-state index is -0.0698. The molecule has 0 aliphatic rings. The Bertz CT molecular complexity index is 315. The molecule has 46 heavy (non-hydrogen) atoms. The minimum Gasteiger partial charge on any atom is -0.466 e. The molecule has 0 saturated carbocycles. The number of unbranched alkanes of at least 4 members (excludes halogenated alkanes) is 13. The van der Waals surface area contributed by atoms with Gasteiger partial charge in [0.2, 0.25) is 0 Å². The number of ether oxygens (including phenoxy) is 1. The lowest BCUT2D eigenvalue weighted by Gasteiger charge is -2.03. The van der Waals surface area contributed by atoms with Gasteiger partial charge >= 0.3 is 5.97 Å². The first-order chi connectivity index (χ1) is 22.2. The highest BCUT2D eigenvalue weighted by molar-refractivity contribution is 5.68. The summed E-state index contributed by atoms with van der Waals surface area (Å²) in [7, 11) is 2.01. The number of hydrogen-bond donors (Lipinski definition) is 1. The molecule has 0 aliphatic heterocycles. The maximum atomic E-state index is 10.8. The van der Waals surface area contributed by atoms with Crippen LogP contribution in [0.25, 0.3) is 0 Å². The number of rotatable bonds is 18. The second-order valence-corrected chi connectivity index (χ2v) is 11.5. The molecule has 0 aromatic rings. The number of hydrogen-bond acceptors (Lipinski definition) is 3. The topological polar surface area (TPSA) is 38.3 Å². The average molecular weight is 666 g/mol. The maximum Gasteiger partial charge on any atom is 0.305 e. The van der Waals surface area contributed by atoms with Crippen molar-refractivity contribution >= 4 is 5.97 Å². The van der Waals surface area contributed by atoms with Crippen LogP contribution in [-0.4, -0.2) is 26.2 Å². The van der Waals surface area contributed by atoms with Crippen molar-refractivity contribution in [2.45, 2.75) is 259 Å². The van der Waals surface area contributed by atoms with Crippen LogP contribution >= 0.6 is 0 Å². The van der Waals surface area contributed by atoms with Crippen molar-refractivity contribution in [1.29, 1.82) is 0 Å². The van der Waals surface area contributed by atoms with Crippen molar-refractivity contribution in [1.82, 2.24) is 5.32 Å². The van der Waals surface area contributed by atoms with Crippen molar-refractivity contribution in [2.24, 2.45) is 0 Å². The molecule has 0 saturated heterocycles. The lowest BCUT2D eigenvalue weighted by molar-refractivity contribution is -0.143. The SMILES string of the molecule is CC.CCC.CCC.CCC.CCC.CCC.CCCC.CCCCCCCCCCCOC(=O)CC.CCCCCCCNC. The van der Waals surface area contributed by atoms with Crippen LogP contribution in [0.1, 0.15) is 259 Å². The van der Waals surface area contributed by atoms with Crippen molar-refractivity contribution < 1.29 is 9.53 Å². The second kappa shape index (κ2) is 104. The van der Waals surface area contributed by atoms with E-state index in [0.29, 0.717) is 13.0 Å². The molecule has 0 bridgehead atoms. The van der Waals surface area contributed by atoms with E-state index in [9.17, 15) is 4.79 Å². The molecule has 292 valence electrons. The Labute approximate surface area is 299 Å². The van der Waals surface area contributed by atoms with Gasteiger partial charge in [0, 0.05) is 6.42 Å². The van der Waals surface area contributed by atoms with Crippen molar-refractivity contribution in [3.8, 4) is 0 Å². The third-order valence-corrected chi connectivity index (χ3v) is 4.83. The van der Waals surface area contributed by atoms with Crippen LogP contribution in [0.4, 0.5) is 0 Å². The lowest BCUT2D eigenvalue weighted by Crippen LogP contribution is -2.06. The van der Waals surface area contributed by atoms with Crippen LogP contribution in [0.15, 0.2) is 0 Å². The highest BCUT2D eigenvalue weighted by atomic mass is 16.5. The zero-order valence-electron chi connectivity index (χ0n) is 36.8. The van der Waals surface area contributed by atoms with E-state index in [4.69, 9.17) is 4.74 Å². The molecular formula is C43H103NO2. The normalized spacial score (nSPS) is 8.30. The van der Waals surface area contributed by atoms with Crippen molar-refractivity contribution in [3.63, 3.8) is 0 Å². The number of nitrogens with one attached hydrogen (secondary N) is 1. The van der Waals surface area contributed by atoms with E-state index in [1.54, 1.807) is 0 Å². The average Bonchev–Trinajstić information content (AvgIpc) is 3.05. The second-order valence-electron chi connectivity index (χ2n) is 11.5. The van der Waals surface area contributed by atoms with Crippen LogP contribution in [0.5, 0.6) is 0 Å². The van der Waals surface area contributed by atoms with Gasteiger partial charge in [-0.1, -0.05) is 240 Å². The highest BCUT2D eigenvalue weighted by Crippen LogP contribution is 2.09. The summed E-state index contributed by atoms with van der Waals surface area (Å²) in [6.07, 6.45) is 28.0. The molecular weight excluding hydrogens is 562 g/mol.